The van der Waals surface area contributed by atoms with Gasteiger partial charge in [-0.25, -0.2) is 18.1 Å². The number of amides is 1. The Labute approximate surface area is 220 Å². The van der Waals surface area contributed by atoms with Gasteiger partial charge in [0.1, 0.15) is 5.82 Å². The van der Waals surface area contributed by atoms with E-state index in [2.05, 4.69) is 20.7 Å². The number of rotatable bonds is 6. The number of halogens is 1. The first-order chi connectivity index (χ1) is 17.7. The maximum Gasteiger partial charge on any atom is 0.265 e. The third kappa shape index (κ3) is 5.34. The molecule has 4 aromatic rings. The Hall–Kier alpha value is -3.40. The van der Waals surface area contributed by atoms with Crippen molar-refractivity contribution in [3.05, 3.63) is 88.2 Å². The van der Waals surface area contributed by atoms with Crippen molar-refractivity contribution in [2.45, 2.75) is 25.3 Å². The van der Waals surface area contributed by atoms with Gasteiger partial charge in [0.05, 0.1) is 35.7 Å². The van der Waals surface area contributed by atoms with E-state index in [-0.39, 0.29) is 10.5 Å². The summed E-state index contributed by atoms with van der Waals surface area (Å²) < 4.78 is 35.0. The molecule has 37 heavy (non-hydrogen) atoms. The van der Waals surface area contributed by atoms with E-state index in [0.717, 1.165) is 35.7 Å². The van der Waals surface area contributed by atoms with Gasteiger partial charge in [-0.1, -0.05) is 35.4 Å². The number of hydrogen-bond acceptors (Lipinski definition) is 6. The first kappa shape index (κ1) is 25.3. The largest absolute Gasteiger partial charge is 0.378 e. The lowest BCUT2D eigenvalue weighted by Crippen LogP contribution is -2.36. The number of fused-ring (bicyclic) bond motifs is 1. The van der Waals surface area contributed by atoms with Gasteiger partial charge >= 0.3 is 0 Å². The topological polar surface area (TPSA) is 93.5 Å². The Morgan fingerprint density at radius 3 is 2.46 bits per heavy atom. The van der Waals surface area contributed by atoms with Gasteiger partial charge in [-0.05, 0) is 61.9 Å². The molecule has 1 aromatic heterocycles. The van der Waals surface area contributed by atoms with Crippen LogP contribution in [0, 0.1) is 13.8 Å². The number of aromatic nitrogens is 2. The average molecular weight is 539 g/mol. The van der Waals surface area contributed by atoms with E-state index in [1.165, 1.54) is 12.1 Å². The Morgan fingerprint density at radius 1 is 1.03 bits per heavy atom. The Kier molecular flexibility index (Phi) is 6.94. The summed E-state index contributed by atoms with van der Waals surface area (Å²) in [6, 6.07) is 17.3. The predicted octanol–water partition coefficient (Wildman–Crippen LogP) is 4.31. The lowest BCUT2D eigenvalue weighted by Gasteiger charge is -2.29. The third-order valence-corrected chi connectivity index (χ3v) is 8.20. The van der Waals surface area contributed by atoms with Gasteiger partial charge in [-0.15, -0.1) is 0 Å². The van der Waals surface area contributed by atoms with Crippen molar-refractivity contribution in [2.75, 3.05) is 31.2 Å². The summed E-state index contributed by atoms with van der Waals surface area (Å²) in [6.45, 7) is 7.25. The van der Waals surface area contributed by atoms with Crippen molar-refractivity contribution in [3.63, 3.8) is 0 Å². The molecule has 0 bridgehead atoms. The van der Waals surface area contributed by atoms with Gasteiger partial charge in [-0.3, -0.25) is 4.79 Å². The lowest BCUT2D eigenvalue weighted by molar-refractivity contribution is 0.0981. The zero-order chi connectivity index (χ0) is 26.2. The first-order valence-corrected chi connectivity index (χ1v) is 13.8. The highest BCUT2D eigenvalue weighted by Gasteiger charge is 2.20. The smallest absolute Gasteiger partial charge is 0.265 e. The number of ether oxygens (including phenoxy) is 1. The Balaban J connectivity index is 1.40. The Bertz CT molecular complexity index is 1580. The van der Waals surface area contributed by atoms with E-state index in [0.29, 0.717) is 35.8 Å². The average Bonchev–Trinajstić information content (AvgIpc) is 3.19. The normalized spacial score (nSPS) is 14.2. The van der Waals surface area contributed by atoms with Crippen LogP contribution in [0.3, 0.4) is 0 Å². The van der Waals surface area contributed by atoms with Crippen molar-refractivity contribution < 1.29 is 17.9 Å². The molecule has 0 unspecified atom stereocenters. The second-order valence-corrected chi connectivity index (χ2v) is 11.2. The molecular formula is C27H27ClN4O4S. The number of hydrogen-bond donors (Lipinski definition) is 1. The minimum absolute atomic E-state index is 0.0311. The van der Waals surface area contributed by atoms with E-state index >= 15 is 0 Å². The fourth-order valence-electron chi connectivity index (χ4n) is 4.39. The standard InChI is InChI=1S/C27H27ClN4O4S/c1-18-3-8-23(9-4-18)37(34,35)30-27(33)20-6-10-25-26(15-20)32(19(2)29-25)17-21-5-7-22(16-24(21)28)31-11-13-36-14-12-31/h3-10,15-16H,11-14,17H2,1-2H3,(H,30,33). The van der Waals surface area contributed by atoms with E-state index in [1.54, 1.807) is 30.3 Å². The molecule has 192 valence electrons. The monoisotopic (exact) mass is 538 g/mol. The number of nitrogens with one attached hydrogen (secondary N) is 1. The van der Waals surface area contributed by atoms with Crippen LogP contribution in [0.15, 0.2) is 65.6 Å². The molecule has 0 aliphatic carbocycles. The van der Waals surface area contributed by atoms with E-state index in [1.807, 2.05) is 30.5 Å². The molecule has 1 saturated heterocycles. The number of imidazole rings is 1. The molecule has 2 heterocycles. The SMILES string of the molecule is Cc1ccc(S(=O)(=O)NC(=O)c2ccc3nc(C)n(Cc4ccc(N5CCOCC5)cc4Cl)c3c2)cc1. The van der Waals surface area contributed by atoms with Crippen molar-refractivity contribution >= 4 is 44.3 Å². The second kappa shape index (κ2) is 10.2. The number of carbonyl (C=O) groups excluding carboxylic acids is 1. The highest BCUT2D eigenvalue weighted by atomic mass is 35.5. The maximum absolute atomic E-state index is 12.9. The number of morpholine rings is 1. The van der Waals surface area contributed by atoms with Gasteiger partial charge in [0.25, 0.3) is 15.9 Å². The molecule has 1 aliphatic heterocycles. The number of anilines is 1. The zero-order valence-electron chi connectivity index (χ0n) is 20.6. The summed E-state index contributed by atoms with van der Waals surface area (Å²) in [5.41, 5.74) is 4.53. The van der Waals surface area contributed by atoms with Gasteiger partial charge < -0.3 is 14.2 Å². The van der Waals surface area contributed by atoms with Crippen LogP contribution in [0.4, 0.5) is 5.69 Å². The highest BCUT2D eigenvalue weighted by molar-refractivity contribution is 7.90. The van der Waals surface area contributed by atoms with Crippen LogP contribution < -0.4 is 9.62 Å². The van der Waals surface area contributed by atoms with E-state index < -0.39 is 15.9 Å². The van der Waals surface area contributed by atoms with E-state index in [9.17, 15) is 13.2 Å². The number of carbonyl (C=O) groups is 1. The summed E-state index contributed by atoms with van der Waals surface area (Å²) in [5.74, 6) is 0.0499. The molecule has 8 nitrogen and oxygen atoms in total. The summed E-state index contributed by atoms with van der Waals surface area (Å²) in [5, 5.41) is 0.642. The van der Waals surface area contributed by atoms with Crippen molar-refractivity contribution in [3.8, 4) is 0 Å². The Morgan fingerprint density at radius 2 is 1.76 bits per heavy atom. The van der Waals surface area contributed by atoms with Crippen LogP contribution in [0.5, 0.6) is 0 Å². The fraction of sp³-hybridized carbons (Fsp3) is 0.259. The molecule has 10 heteroatoms. The molecule has 0 radical (unpaired) electrons. The number of sulfonamides is 1. The number of aryl methyl sites for hydroxylation is 2. The molecule has 1 fully saturated rings. The summed E-state index contributed by atoms with van der Waals surface area (Å²) >= 11 is 6.67. The minimum atomic E-state index is -4.00. The van der Waals surface area contributed by atoms with Crippen LogP contribution in [-0.4, -0.2) is 50.2 Å². The molecule has 0 atom stereocenters. The fourth-order valence-corrected chi connectivity index (χ4v) is 5.60. The van der Waals surface area contributed by atoms with Crippen LogP contribution in [-0.2, 0) is 21.3 Å². The first-order valence-electron chi connectivity index (χ1n) is 11.9. The van der Waals surface area contributed by atoms with Gasteiger partial charge in [0, 0.05) is 29.4 Å². The van der Waals surface area contributed by atoms with Crippen molar-refractivity contribution in [1.29, 1.82) is 0 Å². The summed E-state index contributed by atoms with van der Waals surface area (Å²) in [7, 11) is -4.00. The highest BCUT2D eigenvalue weighted by Crippen LogP contribution is 2.27. The predicted molar refractivity (Wildman–Crippen MR) is 144 cm³/mol. The number of nitrogens with zero attached hydrogens (tertiary/aromatic N) is 3. The zero-order valence-corrected chi connectivity index (χ0v) is 22.1. The van der Waals surface area contributed by atoms with Gasteiger partial charge in [0.15, 0.2) is 0 Å². The molecule has 1 N–H and O–H groups in total. The van der Waals surface area contributed by atoms with Crippen LogP contribution >= 0.6 is 11.6 Å². The lowest BCUT2D eigenvalue weighted by atomic mass is 10.1. The van der Waals surface area contributed by atoms with Crippen LogP contribution in [0.1, 0.15) is 27.3 Å². The molecule has 5 rings (SSSR count). The quantitative estimate of drug-likeness (QED) is 0.393. The summed E-state index contributed by atoms with van der Waals surface area (Å²) in [4.78, 5) is 19.8. The maximum atomic E-state index is 12.9. The molecule has 0 spiro atoms. The van der Waals surface area contributed by atoms with E-state index in [4.69, 9.17) is 16.3 Å². The molecular weight excluding hydrogens is 512 g/mol. The van der Waals surface area contributed by atoms with Crippen molar-refractivity contribution in [2.24, 2.45) is 0 Å². The van der Waals surface area contributed by atoms with Crippen LogP contribution in [0.2, 0.25) is 5.02 Å². The molecule has 1 aliphatic rings. The van der Waals surface area contributed by atoms with Crippen molar-refractivity contribution in [1.82, 2.24) is 14.3 Å². The molecule has 1 amide bonds. The third-order valence-electron chi connectivity index (χ3n) is 6.50. The minimum Gasteiger partial charge on any atom is -0.378 e. The van der Waals surface area contributed by atoms with Gasteiger partial charge in [-0.2, -0.15) is 0 Å². The summed E-state index contributed by atoms with van der Waals surface area (Å²) in [6.07, 6.45) is 0. The second-order valence-electron chi connectivity index (χ2n) is 9.07. The molecule has 0 saturated carbocycles. The molecule has 3 aromatic carbocycles. The van der Waals surface area contributed by atoms with Gasteiger partial charge in [0.2, 0.25) is 0 Å². The van der Waals surface area contributed by atoms with Crippen LogP contribution in [0.25, 0.3) is 11.0 Å². The number of benzene rings is 3.